The van der Waals surface area contributed by atoms with Crippen LogP contribution in [0.4, 0.5) is 37.7 Å². The van der Waals surface area contributed by atoms with Crippen molar-refractivity contribution in [1.29, 1.82) is 0 Å². The second kappa shape index (κ2) is 8.42. The molecule has 1 aliphatic heterocycles. The third-order valence-electron chi connectivity index (χ3n) is 6.70. The van der Waals surface area contributed by atoms with Gasteiger partial charge >= 0.3 is 12.4 Å². The van der Waals surface area contributed by atoms with Gasteiger partial charge in [-0.05, 0) is 56.0 Å². The van der Waals surface area contributed by atoms with Crippen LogP contribution in [-0.2, 0) is 21.9 Å². The maximum absolute atomic E-state index is 13.5. The van der Waals surface area contributed by atoms with Crippen LogP contribution in [0.25, 0.3) is 0 Å². The van der Waals surface area contributed by atoms with Crippen LogP contribution in [-0.4, -0.2) is 18.4 Å². The van der Waals surface area contributed by atoms with Crippen molar-refractivity contribution in [2.24, 2.45) is 11.3 Å². The van der Waals surface area contributed by atoms with E-state index in [1.807, 2.05) is 32.0 Å². The van der Waals surface area contributed by atoms with Crippen LogP contribution in [0.3, 0.4) is 0 Å². The molecule has 1 saturated heterocycles. The number of carbonyl (C=O) groups excluding carboxylic acids is 2. The number of amides is 2. The number of hydrogen-bond donors (Lipinski definition) is 1. The van der Waals surface area contributed by atoms with Gasteiger partial charge in [0.05, 0.1) is 22.5 Å². The molecular formula is C25H22F6N2O2. The van der Waals surface area contributed by atoms with Crippen molar-refractivity contribution in [2.75, 3.05) is 16.8 Å². The number of nitrogens with one attached hydrogen (secondary N) is 1. The van der Waals surface area contributed by atoms with Gasteiger partial charge in [0, 0.05) is 17.9 Å². The second-order valence-electron chi connectivity index (χ2n) is 9.03. The zero-order valence-electron chi connectivity index (χ0n) is 18.8. The molecular weight excluding hydrogens is 474 g/mol. The summed E-state index contributed by atoms with van der Waals surface area (Å²) in [5, 5.41) is 2.27. The van der Waals surface area contributed by atoms with Gasteiger partial charge in [-0.25, -0.2) is 0 Å². The molecule has 4 rings (SSSR count). The molecule has 1 aliphatic carbocycles. The Morgan fingerprint density at radius 3 is 2.09 bits per heavy atom. The van der Waals surface area contributed by atoms with E-state index in [0.29, 0.717) is 17.8 Å². The topological polar surface area (TPSA) is 49.4 Å². The van der Waals surface area contributed by atoms with Crippen LogP contribution >= 0.6 is 0 Å². The molecule has 2 atom stereocenters. The zero-order chi connectivity index (χ0) is 25.8. The molecule has 1 heterocycles. The number of aryl methyl sites for hydroxylation is 2. The Morgan fingerprint density at radius 1 is 0.971 bits per heavy atom. The first kappa shape index (κ1) is 24.8. The molecule has 2 aromatic carbocycles. The Bertz CT molecular complexity index is 1160. The van der Waals surface area contributed by atoms with Crippen LogP contribution in [0.15, 0.2) is 48.6 Å². The average Bonchev–Trinajstić information content (AvgIpc) is 3.06. The van der Waals surface area contributed by atoms with E-state index in [1.54, 1.807) is 12.2 Å². The van der Waals surface area contributed by atoms with E-state index < -0.39 is 46.4 Å². The average molecular weight is 496 g/mol. The predicted octanol–water partition coefficient (Wildman–Crippen LogP) is 6.28. The van der Waals surface area contributed by atoms with E-state index in [-0.39, 0.29) is 31.4 Å². The van der Waals surface area contributed by atoms with Gasteiger partial charge in [0.25, 0.3) is 0 Å². The fraction of sp³-hybridized carbons (Fsp3) is 0.360. The van der Waals surface area contributed by atoms with Crippen molar-refractivity contribution in [2.45, 2.75) is 39.0 Å². The number of anilines is 2. The lowest BCUT2D eigenvalue weighted by molar-refractivity contribution is -0.143. The zero-order valence-corrected chi connectivity index (χ0v) is 18.8. The maximum atomic E-state index is 13.5. The fourth-order valence-electron chi connectivity index (χ4n) is 4.98. The van der Waals surface area contributed by atoms with Gasteiger partial charge in [-0.1, -0.05) is 30.4 Å². The third-order valence-corrected chi connectivity index (χ3v) is 6.70. The van der Waals surface area contributed by atoms with Crippen LogP contribution in [0.1, 0.15) is 35.1 Å². The number of hydrogen-bond acceptors (Lipinski definition) is 2. The Labute approximate surface area is 197 Å². The molecule has 186 valence electrons. The number of alkyl halides is 6. The number of nitrogens with zero attached hydrogens (tertiary/aromatic N) is 1. The fourth-order valence-corrected chi connectivity index (χ4v) is 4.98. The Hall–Kier alpha value is -3.30. The van der Waals surface area contributed by atoms with Crippen molar-refractivity contribution in [3.63, 3.8) is 0 Å². The summed E-state index contributed by atoms with van der Waals surface area (Å²) in [4.78, 5) is 28.4. The van der Waals surface area contributed by atoms with Crippen molar-refractivity contribution in [3.8, 4) is 0 Å². The first-order chi connectivity index (χ1) is 16.2. The SMILES string of the molecule is Cc1cccc(C)c1N1CC2(C(=O)Nc3cc(C(F)(F)F)cc(C(F)(F)F)c3)CC=CCC2C1=O. The highest BCUT2D eigenvalue weighted by Crippen LogP contribution is 2.48. The monoisotopic (exact) mass is 496 g/mol. The molecule has 2 unspecified atom stereocenters. The molecule has 1 N–H and O–H groups in total. The minimum Gasteiger partial charge on any atom is -0.325 e. The number of benzene rings is 2. The maximum Gasteiger partial charge on any atom is 0.416 e. The molecule has 2 aromatic rings. The number of halogens is 6. The molecule has 0 spiro atoms. The third kappa shape index (κ3) is 4.41. The van der Waals surface area contributed by atoms with E-state index in [4.69, 9.17) is 0 Å². The highest BCUT2D eigenvalue weighted by molar-refractivity contribution is 6.08. The summed E-state index contributed by atoms with van der Waals surface area (Å²) in [6.45, 7) is 3.61. The molecule has 1 fully saturated rings. The lowest BCUT2D eigenvalue weighted by atomic mass is 9.70. The molecule has 0 bridgehead atoms. The van der Waals surface area contributed by atoms with Gasteiger partial charge < -0.3 is 10.2 Å². The minimum atomic E-state index is -5.04. The summed E-state index contributed by atoms with van der Waals surface area (Å²) >= 11 is 0. The minimum absolute atomic E-state index is 0.00186. The number of allylic oxidation sites excluding steroid dienone is 2. The van der Waals surface area contributed by atoms with Crippen molar-refractivity contribution < 1.29 is 35.9 Å². The number of fused-ring (bicyclic) bond motifs is 1. The second-order valence-corrected chi connectivity index (χ2v) is 9.03. The summed E-state index contributed by atoms with van der Waals surface area (Å²) in [5.74, 6) is -1.89. The molecule has 0 radical (unpaired) electrons. The summed E-state index contributed by atoms with van der Waals surface area (Å²) < 4.78 is 79.6. The number of rotatable bonds is 3. The van der Waals surface area contributed by atoms with Crippen molar-refractivity contribution >= 4 is 23.2 Å². The van der Waals surface area contributed by atoms with Gasteiger partial charge in [0.2, 0.25) is 11.8 Å². The normalized spacial score (nSPS) is 22.3. The van der Waals surface area contributed by atoms with Crippen LogP contribution in [0.2, 0.25) is 0 Å². The largest absolute Gasteiger partial charge is 0.416 e. The lowest BCUT2D eigenvalue weighted by Crippen LogP contribution is -2.44. The number of carbonyl (C=O) groups is 2. The van der Waals surface area contributed by atoms with Crippen LogP contribution in [0, 0.1) is 25.2 Å². The molecule has 10 heteroatoms. The number of para-hydroxylation sites is 1. The first-order valence-corrected chi connectivity index (χ1v) is 10.9. The quantitative estimate of drug-likeness (QED) is 0.402. The highest BCUT2D eigenvalue weighted by Gasteiger charge is 2.57. The van der Waals surface area contributed by atoms with Gasteiger partial charge in [-0.3, -0.25) is 9.59 Å². The molecule has 2 amide bonds. The van der Waals surface area contributed by atoms with E-state index >= 15 is 0 Å². The van der Waals surface area contributed by atoms with Crippen LogP contribution < -0.4 is 10.2 Å². The highest BCUT2D eigenvalue weighted by atomic mass is 19.4. The van der Waals surface area contributed by atoms with E-state index in [1.165, 1.54) is 4.90 Å². The van der Waals surface area contributed by atoms with Crippen molar-refractivity contribution in [1.82, 2.24) is 0 Å². The van der Waals surface area contributed by atoms with E-state index in [0.717, 1.165) is 11.1 Å². The summed E-state index contributed by atoms with van der Waals surface area (Å²) in [6, 6.07) is 6.42. The Kier molecular flexibility index (Phi) is 5.97. The molecule has 35 heavy (non-hydrogen) atoms. The summed E-state index contributed by atoms with van der Waals surface area (Å²) in [6.07, 6.45) is -6.25. The van der Waals surface area contributed by atoms with Crippen LogP contribution in [0.5, 0.6) is 0 Å². The van der Waals surface area contributed by atoms with Gasteiger partial charge in [0.15, 0.2) is 0 Å². The standard InChI is InChI=1S/C25H22F6N2O2/c1-14-6-5-7-15(2)20(14)33-13-23(9-4-3-8-19(23)21(33)34)22(35)32-18-11-16(24(26,27)28)10-17(12-18)25(29,30)31/h3-7,10-12,19H,8-9,13H2,1-2H3,(H,32,35). The van der Waals surface area contributed by atoms with Gasteiger partial charge in [-0.15, -0.1) is 0 Å². The predicted molar refractivity (Wildman–Crippen MR) is 118 cm³/mol. The lowest BCUT2D eigenvalue weighted by Gasteiger charge is -2.33. The van der Waals surface area contributed by atoms with E-state index in [9.17, 15) is 35.9 Å². The van der Waals surface area contributed by atoms with Gasteiger partial charge in [0.1, 0.15) is 0 Å². The summed E-state index contributed by atoms with van der Waals surface area (Å²) in [7, 11) is 0. The Morgan fingerprint density at radius 2 is 1.54 bits per heavy atom. The smallest absolute Gasteiger partial charge is 0.325 e. The van der Waals surface area contributed by atoms with Crippen molar-refractivity contribution in [3.05, 3.63) is 70.8 Å². The summed E-state index contributed by atoms with van der Waals surface area (Å²) in [5.41, 5.74) is -2.75. The van der Waals surface area contributed by atoms with Gasteiger partial charge in [-0.2, -0.15) is 26.3 Å². The molecule has 0 saturated carbocycles. The van der Waals surface area contributed by atoms with E-state index in [2.05, 4.69) is 5.32 Å². The molecule has 4 nitrogen and oxygen atoms in total. The first-order valence-electron chi connectivity index (χ1n) is 10.9. The molecule has 2 aliphatic rings. The molecule has 0 aromatic heterocycles. The Balaban J connectivity index is 1.73.